The van der Waals surface area contributed by atoms with Gasteiger partial charge in [0.1, 0.15) is 5.82 Å². The second-order valence-corrected chi connectivity index (χ2v) is 10.6. The van der Waals surface area contributed by atoms with Crippen LogP contribution >= 0.6 is 0 Å². The number of esters is 1. The Kier molecular flexibility index (Phi) is 4.84. The molecule has 5 aliphatic rings. The summed E-state index contributed by atoms with van der Waals surface area (Å²) < 4.78 is 5.28. The molecule has 5 heteroatoms. The van der Waals surface area contributed by atoms with Gasteiger partial charge >= 0.3 is 5.97 Å². The Labute approximate surface area is 174 Å². The minimum atomic E-state index is -0.171. The van der Waals surface area contributed by atoms with E-state index in [0.29, 0.717) is 11.5 Å². The average molecular weight is 398 g/mol. The maximum atomic E-state index is 12.7. The highest BCUT2D eigenvalue weighted by molar-refractivity contribution is 5.77. The summed E-state index contributed by atoms with van der Waals surface area (Å²) in [7, 11) is 1.58. The van der Waals surface area contributed by atoms with Crippen LogP contribution in [0.15, 0.2) is 18.3 Å². The number of hydrogen-bond donors (Lipinski definition) is 1. The molecule has 1 saturated heterocycles. The number of aromatic nitrogens is 1. The third-order valence-corrected chi connectivity index (χ3v) is 8.21. The Bertz CT molecular complexity index is 740. The molecule has 4 bridgehead atoms. The monoisotopic (exact) mass is 397 g/mol. The number of nitrogens with one attached hydrogen (secondary N) is 1. The lowest BCUT2D eigenvalue weighted by atomic mass is 9.44. The SMILES string of the molecule is COC(=O)C12CC3CC(CC(CN4CCC(Nc5ccc(C)cn5)CC4)(C3)C1)C2. The first-order chi connectivity index (χ1) is 14.0. The van der Waals surface area contributed by atoms with Crippen LogP contribution in [0.5, 0.6) is 0 Å². The Balaban J connectivity index is 1.20. The zero-order chi connectivity index (χ0) is 20.1. The molecule has 158 valence electrons. The summed E-state index contributed by atoms with van der Waals surface area (Å²) >= 11 is 0. The summed E-state index contributed by atoms with van der Waals surface area (Å²) in [6, 6.07) is 4.72. The molecule has 29 heavy (non-hydrogen) atoms. The fraction of sp³-hybridized carbons (Fsp3) is 0.750. The molecule has 4 saturated carbocycles. The van der Waals surface area contributed by atoms with Gasteiger partial charge < -0.3 is 15.0 Å². The van der Waals surface area contributed by atoms with Crippen LogP contribution in [0.4, 0.5) is 5.82 Å². The number of aryl methyl sites for hydroxylation is 1. The Morgan fingerprint density at radius 1 is 1.21 bits per heavy atom. The molecule has 0 aromatic carbocycles. The highest BCUT2D eigenvalue weighted by Crippen LogP contribution is 2.65. The molecule has 1 aromatic heterocycles. The lowest BCUT2D eigenvalue weighted by Crippen LogP contribution is -2.58. The number of nitrogens with zero attached hydrogens (tertiary/aromatic N) is 2. The number of carbonyl (C=O) groups excluding carboxylic acids is 1. The van der Waals surface area contributed by atoms with Gasteiger partial charge in [-0.3, -0.25) is 4.79 Å². The maximum absolute atomic E-state index is 12.7. The molecule has 2 heterocycles. The third kappa shape index (κ3) is 3.67. The number of pyridine rings is 1. The van der Waals surface area contributed by atoms with E-state index in [2.05, 4.69) is 34.3 Å². The van der Waals surface area contributed by atoms with E-state index in [4.69, 9.17) is 4.74 Å². The zero-order valence-corrected chi connectivity index (χ0v) is 18.0. The molecule has 5 fully saturated rings. The predicted molar refractivity (Wildman–Crippen MR) is 114 cm³/mol. The van der Waals surface area contributed by atoms with Crippen LogP contribution in [0.25, 0.3) is 0 Å². The molecule has 1 aromatic rings. The number of rotatable bonds is 5. The van der Waals surface area contributed by atoms with Crippen LogP contribution in [-0.2, 0) is 9.53 Å². The summed E-state index contributed by atoms with van der Waals surface area (Å²) in [4.78, 5) is 19.9. The van der Waals surface area contributed by atoms with Gasteiger partial charge in [-0.25, -0.2) is 4.98 Å². The van der Waals surface area contributed by atoms with Crippen LogP contribution in [0, 0.1) is 29.6 Å². The molecule has 4 aliphatic carbocycles. The first kappa shape index (κ1) is 19.3. The standard InChI is InChI=1S/C24H35N3O2/c1-17-3-4-21(25-14-17)26-20-5-7-27(8-6-20)16-23-10-18-9-19(11-23)13-24(12-18,15-23)22(28)29-2/h3-4,14,18-20H,5-13,15-16H2,1-2H3,(H,25,26). The van der Waals surface area contributed by atoms with Crippen molar-refractivity contribution in [1.82, 2.24) is 9.88 Å². The quantitative estimate of drug-likeness (QED) is 0.761. The molecule has 0 radical (unpaired) electrons. The number of methoxy groups -OCH3 is 1. The lowest BCUT2D eigenvalue weighted by Gasteiger charge is -2.61. The fourth-order valence-electron chi connectivity index (χ4n) is 7.56. The van der Waals surface area contributed by atoms with Crippen molar-refractivity contribution in [2.24, 2.45) is 22.7 Å². The summed E-state index contributed by atoms with van der Waals surface area (Å²) in [5.74, 6) is 2.55. The minimum absolute atomic E-state index is 0.0736. The molecular weight excluding hydrogens is 362 g/mol. The molecule has 1 N–H and O–H groups in total. The van der Waals surface area contributed by atoms with Crippen molar-refractivity contribution < 1.29 is 9.53 Å². The molecule has 6 rings (SSSR count). The van der Waals surface area contributed by atoms with Crippen molar-refractivity contribution in [2.75, 3.05) is 32.1 Å². The Hall–Kier alpha value is -1.62. The highest BCUT2D eigenvalue weighted by Gasteiger charge is 2.61. The summed E-state index contributed by atoms with van der Waals surface area (Å²) in [5.41, 5.74) is 1.37. The van der Waals surface area contributed by atoms with Crippen LogP contribution in [0.1, 0.15) is 56.9 Å². The number of piperidine rings is 1. The van der Waals surface area contributed by atoms with Crippen LogP contribution in [-0.4, -0.2) is 48.6 Å². The smallest absolute Gasteiger partial charge is 0.311 e. The van der Waals surface area contributed by atoms with Gasteiger partial charge in [-0.15, -0.1) is 0 Å². The predicted octanol–water partition coefficient (Wildman–Crippen LogP) is 4.03. The molecule has 0 amide bonds. The van der Waals surface area contributed by atoms with Crippen molar-refractivity contribution in [3.05, 3.63) is 23.9 Å². The first-order valence-corrected chi connectivity index (χ1v) is 11.5. The van der Waals surface area contributed by atoms with Crippen molar-refractivity contribution in [1.29, 1.82) is 0 Å². The number of anilines is 1. The third-order valence-electron chi connectivity index (χ3n) is 8.21. The van der Waals surface area contributed by atoms with E-state index >= 15 is 0 Å². The summed E-state index contributed by atoms with van der Waals surface area (Å²) in [5, 5.41) is 3.62. The van der Waals surface area contributed by atoms with E-state index in [-0.39, 0.29) is 11.4 Å². The van der Waals surface area contributed by atoms with E-state index in [0.717, 1.165) is 50.0 Å². The van der Waals surface area contributed by atoms with E-state index in [1.165, 1.54) is 44.2 Å². The zero-order valence-electron chi connectivity index (χ0n) is 18.0. The van der Waals surface area contributed by atoms with Crippen molar-refractivity contribution >= 4 is 11.8 Å². The molecule has 0 spiro atoms. The topological polar surface area (TPSA) is 54.5 Å². The number of carbonyl (C=O) groups is 1. The van der Waals surface area contributed by atoms with Crippen LogP contribution in [0.2, 0.25) is 0 Å². The van der Waals surface area contributed by atoms with Gasteiger partial charge in [0, 0.05) is 31.9 Å². The second kappa shape index (κ2) is 7.26. The van der Waals surface area contributed by atoms with Crippen molar-refractivity contribution in [2.45, 2.75) is 64.3 Å². The number of hydrogen-bond acceptors (Lipinski definition) is 5. The van der Waals surface area contributed by atoms with Gasteiger partial charge in [-0.1, -0.05) is 6.07 Å². The molecule has 2 unspecified atom stereocenters. The lowest BCUT2D eigenvalue weighted by molar-refractivity contribution is -0.180. The molecule has 2 atom stereocenters. The summed E-state index contributed by atoms with van der Waals surface area (Å²) in [6.45, 7) is 5.54. The fourth-order valence-corrected chi connectivity index (χ4v) is 7.56. The van der Waals surface area contributed by atoms with E-state index in [1.807, 2.05) is 6.20 Å². The van der Waals surface area contributed by atoms with E-state index in [1.54, 1.807) is 7.11 Å². The van der Waals surface area contributed by atoms with Gasteiger partial charge in [0.25, 0.3) is 0 Å². The molecular formula is C24H35N3O2. The van der Waals surface area contributed by atoms with Gasteiger partial charge in [-0.2, -0.15) is 0 Å². The normalized spacial score (nSPS) is 36.9. The van der Waals surface area contributed by atoms with Crippen LogP contribution in [0.3, 0.4) is 0 Å². The number of ether oxygens (including phenoxy) is 1. The van der Waals surface area contributed by atoms with E-state index in [9.17, 15) is 4.79 Å². The molecule has 5 nitrogen and oxygen atoms in total. The first-order valence-electron chi connectivity index (χ1n) is 11.5. The second-order valence-electron chi connectivity index (χ2n) is 10.6. The van der Waals surface area contributed by atoms with Gasteiger partial charge in [0.15, 0.2) is 0 Å². The van der Waals surface area contributed by atoms with Crippen molar-refractivity contribution in [3.8, 4) is 0 Å². The van der Waals surface area contributed by atoms with Crippen LogP contribution < -0.4 is 5.32 Å². The molecule has 1 aliphatic heterocycles. The van der Waals surface area contributed by atoms with Gasteiger partial charge in [-0.05, 0) is 87.2 Å². The Morgan fingerprint density at radius 2 is 1.93 bits per heavy atom. The van der Waals surface area contributed by atoms with Gasteiger partial charge in [0.2, 0.25) is 0 Å². The largest absolute Gasteiger partial charge is 0.469 e. The number of likely N-dealkylation sites (tertiary alicyclic amines) is 1. The Morgan fingerprint density at radius 3 is 2.55 bits per heavy atom. The minimum Gasteiger partial charge on any atom is -0.469 e. The maximum Gasteiger partial charge on any atom is 0.311 e. The van der Waals surface area contributed by atoms with E-state index < -0.39 is 0 Å². The van der Waals surface area contributed by atoms with Crippen molar-refractivity contribution in [3.63, 3.8) is 0 Å². The highest BCUT2D eigenvalue weighted by atomic mass is 16.5. The summed E-state index contributed by atoms with van der Waals surface area (Å²) in [6.07, 6.45) is 11.5. The van der Waals surface area contributed by atoms with Gasteiger partial charge in [0.05, 0.1) is 12.5 Å². The average Bonchev–Trinajstić information content (AvgIpc) is 2.69.